The van der Waals surface area contributed by atoms with E-state index in [4.69, 9.17) is 21.4 Å². The first-order chi connectivity index (χ1) is 8.45. The van der Waals surface area contributed by atoms with Gasteiger partial charge >= 0.3 is 5.38 Å². The van der Waals surface area contributed by atoms with Crippen molar-refractivity contribution in [3.8, 4) is 17.4 Å². The lowest BCUT2D eigenvalue weighted by atomic mass is 10.3. The van der Waals surface area contributed by atoms with Crippen LogP contribution >= 0.6 is 11.6 Å². The van der Waals surface area contributed by atoms with E-state index in [-0.39, 0.29) is 11.6 Å². The van der Waals surface area contributed by atoms with Gasteiger partial charge in [0.1, 0.15) is 11.5 Å². The lowest BCUT2D eigenvalue weighted by Crippen LogP contribution is -2.03. The van der Waals surface area contributed by atoms with E-state index in [2.05, 4.69) is 4.98 Å². The number of phenols is 1. The van der Waals surface area contributed by atoms with Gasteiger partial charge in [-0.15, -0.1) is 0 Å². The molecule has 0 amide bonds. The molecule has 0 fully saturated rings. The largest absolute Gasteiger partial charge is 0.508 e. The van der Waals surface area contributed by atoms with Gasteiger partial charge in [0.15, 0.2) is 0 Å². The second kappa shape index (κ2) is 4.78. The molecule has 1 heterocycles. The molecule has 0 aliphatic carbocycles. The highest BCUT2D eigenvalue weighted by molar-refractivity contribution is 6.21. The fourth-order valence-corrected chi connectivity index (χ4v) is 1.36. The summed E-state index contributed by atoms with van der Waals surface area (Å²) in [5.74, 6) is 0.698. The van der Waals surface area contributed by atoms with Crippen LogP contribution < -0.4 is 4.74 Å². The molecule has 6 heteroatoms. The smallest absolute Gasteiger partial charge is 0.349 e. The fourth-order valence-electron chi connectivity index (χ4n) is 1.24. The molecular weight excluding hydrogens is 264 g/mol. The topological polar surface area (TPSA) is 42.4 Å². The number of aromatic hydroxyl groups is 1. The lowest BCUT2D eigenvalue weighted by molar-refractivity contribution is 0.0946. The van der Waals surface area contributed by atoms with Crippen LogP contribution in [0.1, 0.15) is 5.56 Å². The van der Waals surface area contributed by atoms with Gasteiger partial charge in [0.25, 0.3) is 0 Å². The Morgan fingerprint density at radius 1 is 1.11 bits per heavy atom. The number of pyridine rings is 1. The number of halogens is 3. The maximum absolute atomic E-state index is 12.7. The van der Waals surface area contributed by atoms with Gasteiger partial charge in [0.05, 0.1) is 5.56 Å². The Labute approximate surface area is 107 Å². The second-order valence-electron chi connectivity index (χ2n) is 3.48. The van der Waals surface area contributed by atoms with Crippen molar-refractivity contribution in [2.45, 2.75) is 5.38 Å². The number of ether oxygens (including phenoxy) is 1. The van der Waals surface area contributed by atoms with E-state index in [1.807, 2.05) is 0 Å². The molecule has 18 heavy (non-hydrogen) atoms. The predicted molar refractivity (Wildman–Crippen MR) is 62.2 cm³/mol. The third-order valence-corrected chi connectivity index (χ3v) is 2.34. The summed E-state index contributed by atoms with van der Waals surface area (Å²) in [6.07, 6.45) is 0.947. The van der Waals surface area contributed by atoms with Crippen molar-refractivity contribution < 1.29 is 18.6 Å². The Morgan fingerprint density at radius 3 is 2.28 bits per heavy atom. The summed E-state index contributed by atoms with van der Waals surface area (Å²) in [7, 11) is 0. The number of benzene rings is 1. The van der Waals surface area contributed by atoms with Crippen molar-refractivity contribution in [1.29, 1.82) is 0 Å². The molecule has 94 valence electrons. The number of phenolic OH excluding ortho intramolecular Hbond substituents is 1. The van der Waals surface area contributed by atoms with Gasteiger partial charge in [-0.05, 0) is 41.9 Å². The Balaban J connectivity index is 2.13. The Morgan fingerprint density at radius 2 is 1.78 bits per heavy atom. The maximum Gasteiger partial charge on any atom is 0.349 e. The van der Waals surface area contributed by atoms with Crippen LogP contribution in [-0.2, 0) is 5.38 Å². The zero-order valence-electron chi connectivity index (χ0n) is 8.98. The molecule has 0 unspecified atom stereocenters. The van der Waals surface area contributed by atoms with E-state index in [1.54, 1.807) is 0 Å². The molecule has 0 atom stereocenters. The number of hydrogen-bond donors (Lipinski definition) is 1. The first kappa shape index (κ1) is 12.6. The molecule has 0 spiro atoms. The molecule has 2 aromatic rings. The van der Waals surface area contributed by atoms with Crippen LogP contribution in [0.3, 0.4) is 0 Å². The molecule has 0 aliphatic rings. The van der Waals surface area contributed by atoms with Crippen LogP contribution in [0, 0.1) is 0 Å². The van der Waals surface area contributed by atoms with Crippen molar-refractivity contribution in [1.82, 2.24) is 4.98 Å². The van der Waals surface area contributed by atoms with Crippen LogP contribution in [0.5, 0.6) is 17.4 Å². The van der Waals surface area contributed by atoms with Gasteiger partial charge < -0.3 is 9.84 Å². The summed E-state index contributed by atoms with van der Waals surface area (Å²) < 4.78 is 30.7. The minimum Gasteiger partial charge on any atom is -0.508 e. The summed E-state index contributed by atoms with van der Waals surface area (Å²) in [6.45, 7) is 0. The zero-order valence-corrected chi connectivity index (χ0v) is 9.73. The molecule has 1 N–H and O–H groups in total. The summed E-state index contributed by atoms with van der Waals surface area (Å²) >= 11 is 4.85. The van der Waals surface area contributed by atoms with Crippen molar-refractivity contribution in [3.63, 3.8) is 0 Å². The van der Waals surface area contributed by atoms with Crippen LogP contribution in [0.2, 0.25) is 0 Å². The normalized spacial score (nSPS) is 11.3. The second-order valence-corrected chi connectivity index (χ2v) is 3.95. The molecule has 3 nitrogen and oxygen atoms in total. The molecule has 1 aromatic carbocycles. The molecule has 0 saturated carbocycles. The van der Waals surface area contributed by atoms with Crippen molar-refractivity contribution in [3.05, 3.63) is 48.2 Å². The van der Waals surface area contributed by atoms with Crippen LogP contribution in [0.25, 0.3) is 0 Å². The average Bonchev–Trinajstić information content (AvgIpc) is 2.32. The van der Waals surface area contributed by atoms with Gasteiger partial charge in [-0.25, -0.2) is 4.98 Å². The highest BCUT2D eigenvalue weighted by Crippen LogP contribution is 2.32. The molecule has 0 radical (unpaired) electrons. The third-order valence-electron chi connectivity index (χ3n) is 2.12. The monoisotopic (exact) mass is 271 g/mol. The highest BCUT2D eigenvalue weighted by Gasteiger charge is 2.27. The van der Waals surface area contributed by atoms with Gasteiger partial charge in [0, 0.05) is 12.3 Å². The number of aromatic nitrogens is 1. The lowest BCUT2D eigenvalue weighted by Gasteiger charge is -2.08. The van der Waals surface area contributed by atoms with Gasteiger partial charge in [-0.1, -0.05) is 0 Å². The molecular formula is C12H8ClF2NO2. The van der Waals surface area contributed by atoms with Gasteiger partial charge in [-0.3, -0.25) is 0 Å². The van der Waals surface area contributed by atoms with Crippen LogP contribution in [0.15, 0.2) is 42.6 Å². The third kappa shape index (κ3) is 3.07. The number of nitrogens with zero attached hydrogens (tertiary/aromatic N) is 1. The highest BCUT2D eigenvalue weighted by atomic mass is 35.5. The van der Waals surface area contributed by atoms with Crippen molar-refractivity contribution in [2.75, 3.05) is 0 Å². The molecule has 2 rings (SSSR count). The van der Waals surface area contributed by atoms with Crippen LogP contribution in [-0.4, -0.2) is 10.1 Å². The molecule has 0 aliphatic heterocycles. The Hall–Kier alpha value is -1.88. The van der Waals surface area contributed by atoms with E-state index in [9.17, 15) is 8.78 Å². The van der Waals surface area contributed by atoms with Gasteiger partial charge in [-0.2, -0.15) is 8.78 Å². The van der Waals surface area contributed by atoms with E-state index in [1.165, 1.54) is 30.3 Å². The van der Waals surface area contributed by atoms with E-state index in [0.29, 0.717) is 5.75 Å². The van der Waals surface area contributed by atoms with E-state index >= 15 is 0 Å². The molecule has 0 saturated heterocycles. The average molecular weight is 272 g/mol. The minimum atomic E-state index is -3.44. The first-order valence-electron chi connectivity index (χ1n) is 4.95. The quantitative estimate of drug-likeness (QED) is 0.862. The SMILES string of the molecule is Oc1ccc(Oc2ccc(C(F)(F)Cl)cn2)cc1. The Bertz CT molecular complexity index is 523. The molecule has 0 bridgehead atoms. The predicted octanol–water partition coefficient (Wildman–Crippen LogP) is 3.87. The minimum absolute atomic E-state index is 0.104. The van der Waals surface area contributed by atoms with Gasteiger partial charge in [0.2, 0.25) is 5.88 Å². The summed E-state index contributed by atoms with van der Waals surface area (Å²) in [4.78, 5) is 3.71. The van der Waals surface area contributed by atoms with Crippen molar-refractivity contribution in [2.24, 2.45) is 0 Å². The summed E-state index contributed by atoms with van der Waals surface area (Å²) in [5.41, 5.74) is -0.401. The summed E-state index contributed by atoms with van der Waals surface area (Å²) in [6, 6.07) is 8.36. The number of rotatable bonds is 3. The number of hydrogen-bond acceptors (Lipinski definition) is 3. The standard InChI is InChI=1S/C12H8ClF2NO2/c13-12(14,15)8-1-6-11(16-7-8)18-10-4-2-9(17)3-5-10/h1-7,17H. The maximum atomic E-state index is 12.7. The van der Waals surface area contributed by atoms with Crippen molar-refractivity contribution >= 4 is 11.6 Å². The fraction of sp³-hybridized carbons (Fsp3) is 0.0833. The Kier molecular flexibility index (Phi) is 3.34. The van der Waals surface area contributed by atoms with Crippen LogP contribution in [0.4, 0.5) is 8.78 Å². The number of alkyl halides is 3. The first-order valence-corrected chi connectivity index (χ1v) is 5.33. The molecule has 1 aromatic heterocycles. The van der Waals surface area contributed by atoms with E-state index < -0.39 is 10.9 Å². The summed E-state index contributed by atoms with van der Waals surface area (Å²) in [5, 5.41) is 5.64. The van der Waals surface area contributed by atoms with E-state index in [0.717, 1.165) is 12.3 Å². The zero-order chi connectivity index (χ0) is 13.2.